The normalized spacial score (nSPS) is 22.8. The molecular weight excluding hydrogens is 275 g/mol. The molecule has 1 aromatic heterocycles. The van der Waals surface area contributed by atoms with Crippen molar-refractivity contribution >= 4 is 22.6 Å². The van der Waals surface area contributed by atoms with Crippen molar-refractivity contribution in [2.45, 2.75) is 39.2 Å². The molecule has 1 aliphatic rings. The Morgan fingerprint density at radius 2 is 2.25 bits per heavy atom. The quantitative estimate of drug-likeness (QED) is 0.765. The van der Waals surface area contributed by atoms with Crippen molar-refractivity contribution in [3.05, 3.63) is 29.8 Å². The van der Waals surface area contributed by atoms with E-state index < -0.39 is 0 Å². The van der Waals surface area contributed by atoms with Crippen molar-refractivity contribution < 1.29 is 4.39 Å². The number of hydrogen-bond donors (Lipinski definition) is 0. The van der Waals surface area contributed by atoms with Crippen LogP contribution in [0.5, 0.6) is 0 Å². The average Bonchev–Trinajstić information content (AvgIpc) is 2.95. The van der Waals surface area contributed by atoms with E-state index >= 15 is 0 Å². The molecule has 1 heterocycles. The Bertz CT molecular complexity index is 608. The van der Waals surface area contributed by atoms with Crippen LogP contribution in [0.25, 0.3) is 11.0 Å². The van der Waals surface area contributed by atoms with Gasteiger partial charge in [-0.15, -0.1) is 11.6 Å². The predicted molar refractivity (Wildman–Crippen MR) is 80.6 cm³/mol. The number of halogens is 2. The van der Waals surface area contributed by atoms with Crippen molar-refractivity contribution in [3.8, 4) is 0 Å². The first-order valence-corrected chi connectivity index (χ1v) is 7.91. The van der Waals surface area contributed by atoms with E-state index in [1.165, 1.54) is 31.4 Å². The van der Waals surface area contributed by atoms with E-state index in [-0.39, 0.29) is 5.82 Å². The third-order valence-electron chi connectivity index (χ3n) is 4.35. The summed E-state index contributed by atoms with van der Waals surface area (Å²) in [5.41, 5.74) is 1.78. The van der Waals surface area contributed by atoms with Gasteiger partial charge in [-0.25, -0.2) is 9.37 Å². The first kappa shape index (κ1) is 13.9. The van der Waals surface area contributed by atoms with E-state index in [1.807, 2.05) is 6.07 Å². The number of nitrogens with zero attached hydrogens (tertiary/aromatic N) is 2. The summed E-state index contributed by atoms with van der Waals surface area (Å²) in [4.78, 5) is 4.56. The fourth-order valence-electron chi connectivity index (χ4n) is 3.38. The van der Waals surface area contributed by atoms with Crippen LogP contribution in [0.2, 0.25) is 0 Å². The molecule has 2 aromatic rings. The number of hydrogen-bond acceptors (Lipinski definition) is 1. The molecule has 1 aromatic carbocycles. The summed E-state index contributed by atoms with van der Waals surface area (Å²) < 4.78 is 15.6. The SMILES string of the molecule is CC1CCC(Cn2c(CCCl)nc3cc(F)ccc32)C1. The summed E-state index contributed by atoms with van der Waals surface area (Å²) >= 11 is 5.88. The summed E-state index contributed by atoms with van der Waals surface area (Å²) in [5.74, 6) is 2.84. The highest BCUT2D eigenvalue weighted by molar-refractivity contribution is 6.17. The van der Waals surface area contributed by atoms with E-state index in [9.17, 15) is 4.39 Å². The lowest BCUT2D eigenvalue weighted by atomic mass is 10.1. The molecule has 0 amide bonds. The van der Waals surface area contributed by atoms with Gasteiger partial charge in [-0.1, -0.05) is 13.3 Å². The van der Waals surface area contributed by atoms with Crippen molar-refractivity contribution in [2.24, 2.45) is 11.8 Å². The molecule has 0 aliphatic heterocycles. The van der Waals surface area contributed by atoms with Crippen LogP contribution in [0.3, 0.4) is 0 Å². The molecule has 2 unspecified atom stereocenters. The summed E-state index contributed by atoms with van der Waals surface area (Å²) in [5, 5.41) is 0. The molecule has 108 valence electrons. The molecule has 3 rings (SSSR count). The van der Waals surface area contributed by atoms with Crippen LogP contribution in [0.4, 0.5) is 4.39 Å². The standard InChI is InChI=1S/C16H20ClFN2/c1-11-2-3-12(8-11)10-20-15-5-4-13(18)9-14(15)19-16(20)6-7-17/h4-5,9,11-12H,2-3,6-8,10H2,1H3. The minimum Gasteiger partial charge on any atom is -0.328 e. The average molecular weight is 295 g/mol. The molecule has 20 heavy (non-hydrogen) atoms. The predicted octanol–water partition coefficient (Wildman–Crippen LogP) is 4.39. The van der Waals surface area contributed by atoms with Gasteiger partial charge in [0.05, 0.1) is 11.0 Å². The third-order valence-corrected chi connectivity index (χ3v) is 4.54. The van der Waals surface area contributed by atoms with Gasteiger partial charge in [0.25, 0.3) is 0 Å². The summed E-state index contributed by atoms with van der Waals surface area (Å²) in [6.07, 6.45) is 4.61. The van der Waals surface area contributed by atoms with Crippen molar-refractivity contribution in [1.82, 2.24) is 9.55 Å². The molecule has 0 N–H and O–H groups in total. The molecule has 1 saturated carbocycles. The largest absolute Gasteiger partial charge is 0.328 e. The molecule has 2 atom stereocenters. The maximum atomic E-state index is 13.3. The van der Waals surface area contributed by atoms with Crippen LogP contribution >= 0.6 is 11.6 Å². The Hall–Kier alpha value is -1.09. The second-order valence-corrected chi connectivity index (χ2v) is 6.37. The van der Waals surface area contributed by atoms with Gasteiger partial charge in [0.15, 0.2) is 0 Å². The van der Waals surface area contributed by atoms with Gasteiger partial charge in [-0.05, 0) is 36.8 Å². The molecule has 4 heteroatoms. The first-order valence-electron chi connectivity index (χ1n) is 7.38. The highest BCUT2D eigenvalue weighted by atomic mass is 35.5. The zero-order chi connectivity index (χ0) is 14.1. The Balaban J connectivity index is 1.95. The first-order chi connectivity index (χ1) is 9.67. The molecule has 0 spiro atoms. The smallest absolute Gasteiger partial charge is 0.125 e. The van der Waals surface area contributed by atoms with E-state index in [1.54, 1.807) is 0 Å². The van der Waals surface area contributed by atoms with Gasteiger partial charge >= 0.3 is 0 Å². The third kappa shape index (κ3) is 2.69. The van der Waals surface area contributed by atoms with E-state index in [0.29, 0.717) is 11.8 Å². The number of alkyl halides is 1. The Labute approximate surface area is 123 Å². The summed E-state index contributed by atoms with van der Waals surface area (Å²) in [7, 11) is 0. The summed E-state index contributed by atoms with van der Waals surface area (Å²) in [6.45, 7) is 3.31. The van der Waals surface area contributed by atoms with Gasteiger partial charge in [0.2, 0.25) is 0 Å². The van der Waals surface area contributed by atoms with Crippen LogP contribution in [0.15, 0.2) is 18.2 Å². The lowest BCUT2D eigenvalue weighted by molar-refractivity contribution is 0.439. The number of imidazole rings is 1. The van der Waals surface area contributed by atoms with Crippen molar-refractivity contribution in [2.75, 3.05) is 5.88 Å². The Morgan fingerprint density at radius 1 is 1.40 bits per heavy atom. The Morgan fingerprint density at radius 3 is 2.95 bits per heavy atom. The Kier molecular flexibility index (Phi) is 3.97. The highest BCUT2D eigenvalue weighted by Crippen LogP contribution is 2.32. The number of aromatic nitrogens is 2. The molecule has 1 fully saturated rings. The zero-order valence-electron chi connectivity index (χ0n) is 11.8. The minimum absolute atomic E-state index is 0.228. The van der Waals surface area contributed by atoms with Crippen molar-refractivity contribution in [3.63, 3.8) is 0 Å². The second-order valence-electron chi connectivity index (χ2n) is 5.99. The van der Waals surface area contributed by atoms with Gasteiger partial charge in [-0.2, -0.15) is 0 Å². The second kappa shape index (κ2) is 5.72. The maximum absolute atomic E-state index is 13.3. The van der Waals surface area contributed by atoms with E-state index in [2.05, 4.69) is 16.5 Å². The molecule has 2 nitrogen and oxygen atoms in total. The summed E-state index contributed by atoms with van der Waals surface area (Å²) in [6, 6.07) is 4.87. The van der Waals surface area contributed by atoms with Crippen LogP contribution in [-0.2, 0) is 13.0 Å². The van der Waals surface area contributed by atoms with Gasteiger partial charge in [-0.3, -0.25) is 0 Å². The van der Waals surface area contributed by atoms with Crippen LogP contribution in [0, 0.1) is 17.7 Å². The van der Waals surface area contributed by atoms with E-state index in [0.717, 1.165) is 35.7 Å². The van der Waals surface area contributed by atoms with E-state index in [4.69, 9.17) is 11.6 Å². The van der Waals surface area contributed by atoms with Crippen LogP contribution in [-0.4, -0.2) is 15.4 Å². The topological polar surface area (TPSA) is 17.8 Å². The fraction of sp³-hybridized carbons (Fsp3) is 0.562. The molecular formula is C16H20ClFN2. The molecule has 0 saturated heterocycles. The number of aryl methyl sites for hydroxylation is 1. The fourth-order valence-corrected chi connectivity index (χ4v) is 3.55. The maximum Gasteiger partial charge on any atom is 0.125 e. The van der Waals surface area contributed by atoms with Crippen LogP contribution < -0.4 is 0 Å². The number of rotatable bonds is 4. The van der Waals surface area contributed by atoms with Crippen LogP contribution in [0.1, 0.15) is 32.0 Å². The lowest BCUT2D eigenvalue weighted by Crippen LogP contribution is -2.11. The van der Waals surface area contributed by atoms with Gasteiger partial charge in [0.1, 0.15) is 11.6 Å². The monoisotopic (exact) mass is 294 g/mol. The van der Waals surface area contributed by atoms with Gasteiger partial charge < -0.3 is 4.57 Å². The minimum atomic E-state index is -0.228. The highest BCUT2D eigenvalue weighted by Gasteiger charge is 2.23. The molecule has 0 bridgehead atoms. The van der Waals surface area contributed by atoms with Gasteiger partial charge in [0, 0.05) is 24.9 Å². The van der Waals surface area contributed by atoms with Crippen molar-refractivity contribution in [1.29, 1.82) is 0 Å². The molecule has 1 aliphatic carbocycles. The number of benzene rings is 1. The lowest BCUT2D eigenvalue weighted by Gasteiger charge is -2.14. The zero-order valence-corrected chi connectivity index (χ0v) is 12.5. The molecule has 0 radical (unpaired) electrons. The number of fused-ring (bicyclic) bond motifs is 1.